The number of carbonyl (C=O) groups is 8. The Labute approximate surface area is 886 Å². The maximum atomic E-state index is 12.9. The van der Waals surface area contributed by atoms with E-state index in [1.54, 1.807) is 59.9 Å². The van der Waals surface area contributed by atoms with Gasteiger partial charge in [-0.3, -0.25) is 54.0 Å². The number of furan rings is 1. The number of hydrogen-bond donors (Lipinski definition) is 9. The third kappa shape index (κ3) is 20.6. The first-order chi connectivity index (χ1) is 72.5. The molecule has 7 fully saturated rings. The Hall–Kier alpha value is -16.1. The van der Waals surface area contributed by atoms with Gasteiger partial charge in [0, 0.05) is 181 Å². The highest BCUT2D eigenvalue weighted by molar-refractivity contribution is 9.11. The van der Waals surface area contributed by atoms with Gasteiger partial charge in [0.15, 0.2) is 28.3 Å². The molecule has 4 aromatic carbocycles. The van der Waals surface area contributed by atoms with Crippen LogP contribution in [0, 0.1) is 0 Å². The van der Waals surface area contributed by atoms with Gasteiger partial charge in [-0.2, -0.15) is 38.5 Å². The normalized spacial score (nSPS) is 17.3. The van der Waals surface area contributed by atoms with Crippen molar-refractivity contribution in [1.82, 2.24) is 125 Å². The van der Waals surface area contributed by atoms with Crippen LogP contribution in [0.3, 0.4) is 0 Å². The van der Waals surface area contributed by atoms with Gasteiger partial charge in [0.25, 0.3) is 5.91 Å². The molecule has 20 heterocycles. The molecule has 17 aromatic rings. The van der Waals surface area contributed by atoms with Crippen LogP contribution < -0.4 is 49.5 Å². The number of aromatic nitrogens is 16. The minimum absolute atomic E-state index is 0.0100. The summed E-state index contributed by atoms with van der Waals surface area (Å²) in [6, 6.07) is 56.9. The Kier molecular flexibility index (Phi) is 28.6. The number of nitrogens with two attached hydrogens (primary N) is 4. The number of carbonyl (C=O) groups excluding carboxylic acids is 8. The van der Waals surface area contributed by atoms with E-state index in [-0.39, 0.29) is 65.7 Å². The molecule has 13 N–H and O–H groups in total. The van der Waals surface area contributed by atoms with Crippen molar-refractivity contribution in [3.63, 3.8) is 0 Å². The number of urea groups is 2. The van der Waals surface area contributed by atoms with Gasteiger partial charge in [0.05, 0.1) is 101 Å². The number of rotatable bonds is 16. The summed E-state index contributed by atoms with van der Waals surface area (Å²) < 4.78 is 14.7. The number of hydrogen-bond acceptors (Lipinski definition) is 25. The molecule has 0 spiro atoms. The number of nitrogens with one attached hydrogen (secondary N) is 5. The molecule has 0 saturated carbocycles. The molecule has 149 heavy (non-hydrogen) atoms. The first kappa shape index (κ1) is 98.9. The highest BCUT2D eigenvalue weighted by atomic mass is 79.9. The molecule has 42 heteroatoms. The highest BCUT2D eigenvalue weighted by Gasteiger charge is 2.40. The summed E-state index contributed by atoms with van der Waals surface area (Å²) in [5, 5.41) is 30.7. The van der Waals surface area contributed by atoms with Gasteiger partial charge in [-0.25, -0.2) is 29.5 Å². The maximum absolute atomic E-state index is 12.9. The van der Waals surface area contributed by atoms with Crippen molar-refractivity contribution in [3.05, 3.63) is 284 Å². The van der Waals surface area contributed by atoms with Crippen molar-refractivity contribution >= 4 is 157 Å². The van der Waals surface area contributed by atoms with Gasteiger partial charge >= 0.3 is 12.1 Å². The number of imide groups is 1. The Morgan fingerprint density at radius 1 is 0.322 bits per heavy atom. The van der Waals surface area contributed by atoms with Crippen LogP contribution in [0.5, 0.6) is 0 Å². The second-order valence-corrected chi connectivity index (χ2v) is 40.5. The standard InChI is InChI=1S/C27H25BrN8O3.C27H26BrN7O2.C27H23BrN6O2.C26H25BrN8O2/c28-22-23(16-8-10-35(11-9-16)26(38)20-12-21(37)33-27(39)32-20)34-25-18(14-31-36(25)24(22)29)17-6-7-19(30-13-17)15-4-2-1-3-5-15;28-23-24(17-10-12-34(13-11-17)27(37)21-8-9-22(36)32-21)33-26-19(15-31-35(26)25(23)29)18-6-7-20(30-14-18)16-4-2-1-3-5-16;28-23-24(18-10-12-33(13-11-18)27(35)22-7-4-14-36-22)32-26-20(16-31-34(26)25(23)29)19-8-9-21(30-15-19)17-5-2-1-3-6-17;27-21-22(16-8-10-34(11-9-16)25(36)20-14-30-26(37)32-20)33-24-18(13-31-35(24)23(21)28)17-6-7-19(29-12-17)15-4-2-1-3-5-15/h1-7,13-14,16,20H,8-12,29H2,(H2,32,33,37,39);1-7,14-15,17,21H,8-13,29H2,(H,32,36);1-9,14-16,18H,10-13,29H2;1-7,12-13,16,20H,8-11,14,28H2,(H2,30,32,37)/t20-;21-;;/m11../s1. The van der Waals surface area contributed by atoms with Crippen molar-refractivity contribution in [2.75, 3.05) is 81.8 Å². The van der Waals surface area contributed by atoms with Crippen molar-refractivity contribution in [2.45, 2.75) is 112 Å². The number of fused-ring (bicyclic) bond motifs is 4. The zero-order valence-electron chi connectivity index (χ0n) is 80.1. The Morgan fingerprint density at radius 3 is 0.906 bits per heavy atom. The monoisotopic (exact) mass is 2250 g/mol. The van der Waals surface area contributed by atoms with Crippen LogP contribution in [-0.2, 0) is 24.0 Å². The minimum Gasteiger partial charge on any atom is -0.459 e. The smallest absolute Gasteiger partial charge is 0.322 e. The summed E-state index contributed by atoms with van der Waals surface area (Å²) in [5.41, 5.74) is 46.8. The first-order valence-electron chi connectivity index (χ1n) is 49.0. The van der Waals surface area contributed by atoms with E-state index in [2.05, 4.69) is 131 Å². The van der Waals surface area contributed by atoms with Crippen LogP contribution >= 0.6 is 63.7 Å². The van der Waals surface area contributed by atoms with Crippen molar-refractivity contribution < 1.29 is 42.8 Å². The predicted octanol–water partition coefficient (Wildman–Crippen LogP) is 15.5. The number of anilines is 4. The third-order valence-electron chi connectivity index (χ3n) is 28.3. The van der Waals surface area contributed by atoms with Crippen LogP contribution in [-0.4, -0.2) is 222 Å². The summed E-state index contributed by atoms with van der Waals surface area (Å²) in [4.78, 5) is 143. The quantitative estimate of drug-likeness (QED) is 0.0434. The minimum atomic E-state index is -0.837. The molecule has 3 atom stereocenters. The van der Waals surface area contributed by atoms with Crippen LogP contribution in [0.4, 0.5) is 32.9 Å². The van der Waals surface area contributed by atoms with E-state index in [0.717, 1.165) is 164 Å². The number of benzene rings is 4. The fourth-order valence-electron chi connectivity index (χ4n) is 20.1. The Morgan fingerprint density at radius 2 is 0.631 bits per heavy atom. The van der Waals surface area contributed by atoms with E-state index >= 15 is 0 Å². The summed E-state index contributed by atoms with van der Waals surface area (Å²) in [7, 11) is 0. The molecule has 38 nitrogen and oxygen atoms in total. The number of likely N-dealkylation sites (tertiary alicyclic amines) is 4. The summed E-state index contributed by atoms with van der Waals surface area (Å²) in [6.45, 7) is 4.95. The lowest BCUT2D eigenvalue weighted by atomic mass is 9.92. The van der Waals surface area contributed by atoms with Gasteiger partial charge in [-0.1, -0.05) is 146 Å². The molecule has 754 valence electrons. The van der Waals surface area contributed by atoms with Gasteiger partial charge in [0.1, 0.15) is 41.4 Å². The SMILES string of the molecule is Nc1c(Br)c(C2CCN(C(=O)C3CNC(=O)N3)CC2)nc2c(-c3ccc(-c4ccccc4)nc3)cnn12.Nc1c(Br)c(C2CCN(C(=O)[C@H]3CC(=O)NC(=O)N3)CC2)nc2c(-c3ccc(-c4ccccc4)nc3)cnn12.Nc1c(Br)c(C2CCN(C(=O)[C@H]3CCC(=O)N3)CC2)nc2c(-c3ccc(-c4ccccc4)nc3)cnn12.Nc1c(Br)c(C2CCN(C(=O)c3ccco3)CC2)nc2c(-c3ccc(-c4ccccc4)nc3)cnn12. The molecule has 0 aliphatic carbocycles. The number of nitrogen functional groups attached to an aromatic ring is 4. The average Bonchev–Trinajstić information content (AvgIpc) is 1.65. The molecule has 7 aliphatic rings. The summed E-state index contributed by atoms with van der Waals surface area (Å²) in [6.07, 6.45) is 22.8. The molecule has 0 radical (unpaired) electrons. The van der Waals surface area contributed by atoms with Crippen LogP contribution in [0.1, 0.15) is 128 Å². The summed E-state index contributed by atoms with van der Waals surface area (Å²) >= 11 is 14.6. The van der Waals surface area contributed by atoms with Gasteiger partial charge in [-0.15, -0.1) is 0 Å². The maximum Gasteiger partial charge on any atom is 0.322 e. The second kappa shape index (κ2) is 43.1. The number of halogens is 4. The van der Waals surface area contributed by atoms with Gasteiger partial charge in [-0.05, 0) is 158 Å². The van der Waals surface area contributed by atoms with E-state index in [1.165, 1.54) is 6.26 Å². The Bertz CT molecular complexity index is 7680. The predicted molar refractivity (Wildman–Crippen MR) is 574 cm³/mol. The lowest BCUT2D eigenvalue weighted by molar-refractivity contribution is -0.137. The first-order valence-corrected chi connectivity index (χ1v) is 52.2. The van der Waals surface area contributed by atoms with E-state index < -0.39 is 30.1 Å². The van der Waals surface area contributed by atoms with E-state index in [0.29, 0.717) is 141 Å². The molecule has 1 unspecified atom stereocenters. The molecule has 7 aliphatic heterocycles. The molecule has 0 bridgehead atoms. The zero-order valence-corrected chi connectivity index (χ0v) is 86.5. The highest BCUT2D eigenvalue weighted by Crippen LogP contribution is 2.44. The van der Waals surface area contributed by atoms with E-state index in [1.807, 2.05) is 209 Å². The van der Waals surface area contributed by atoms with Crippen LogP contribution in [0.2, 0.25) is 0 Å². The van der Waals surface area contributed by atoms with Gasteiger partial charge in [0.2, 0.25) is 29.5 Å². The molecule has 24 rings (SSSR count). The zero-order chi connectivity index (χ0) is 103. The molecule has 13 aromatic heterocycles. The Balaban J connectivity index is 0.000000116. The second-order valence-electron chi connectivity index (χ2n) is 37.3. The van der Waals surface area contributed by atoms with Crippen molar-refractivity contribution in [3.8, 4) is 89.5 Å². The average molecular weight is 2250 g/mol. The number of piperidine rings is 4. The number of nitrogens with zero attached hydrogens (tertiary/aromatic N) is 20. The van der Waals surface area contributed by atoms with Crippen molar-refractivity contribution in [2.24, 2.45) is 0 Å². The molecular formula is C107H99Br4N29O9. The van der Waals surface area contributed by atoms with Crippen molar-refractivity contribution in [1.29, 1.82) is 0 Å². The lowest BCUT2D eigenvalue weighted by Crippen LogP contribution is -2.58. The molecule has 10 amide bonds. The van der Waals surface area contributed by atoms with E-state index in [4.69, 9.17) is 47.3 Å². The topological polar surface area (TPSA) is 499 Å². The fourth-order valence-corrected chi connectivity index (χ4v) is 22.5. The molecule has 7 saturated heterocycles. The third-order valence-corrected chi connectivity index (χ3v) is 31.5. The van der Waals surface area contributed by atoms with E-state index in [9.17, 15) is 38.4 Å². The van der Waals surface area contributed by atoms with Crippen LogP contribution in [0.15, 0.2) is 260 Å². The van der Waals surface area contributed by atoms with Gasteiger partial charge < -0.3 is 68.2 Å². The lowest BCUT2D eigenvalue weighted by Gasteiger charge is -2.35. The fraction of sp³-hybridized carbons (Fsp3) is 0.252. The van der Waals surface area contributed by atoms with Crippen LogP contribution in [0.25, 0.3) is 112 Å². The summed E-state index contributed by atoms with van der Waals surface area (Å²) in [5.74, 6) is 1.92. The largest absolute Gasteiger partial charge is 0.459 e. The molecular weight excluding hydrogens is 2150 g/mol. The number of pyridine rings is 4. The number of amides is 10.